The van der Waals surface area contributed by atoms with Gasteiger partial charge in [-0.05, 0) is 150 Å². The second-order valence-electron chi connectivity index (χ2n) is 22.5. The van der Waals surface area contributed by atoms with Gasteiger partial charge in [-0.25, -0.2) is 0 Å². The van der Waals surface area contributed by atoms with Crippen molar-refractivity contribution in [3.05, 3.63) is 154 Å². The Morgan fingerprint density at radius 2 is 0.621 bits per heavy atom. The van der Waals surface area contributed by atoms with Crippen LogP contribution >= 0.6 is 0 Å². The van der Waals surface area contributed by atoms with Crippen molar-refractivity contribution in [2.24, 2.45) is 0 Å². The van der Waals surface area contributed by atoms with Gasteiger partial charge in [0.25, 0.3) is 0 Å². The molecule has 0 atom stereocenters. The van der Waals surface area contributed by atoms with E-state index in [1.807, 2.05) is 28.2 Å². The van der Waals surface area contributed by atoms with Gasteiger partial charge in [0.15, 0.2) is 0 Å². The van der Waals surface area contributed by atoms with Crippen LogP contribution in [0, 0.1) is 23.7 Å². The second kappa shape index (κ2) is 17.3. The Morgan fingerprint density at radius 1 is 0.333 bits per heavy atom. The van der Waals surface area contributed by atoms with Gasteiger partial charge >= 0.3 is 0 Å². The van der Waals surface area contributed by atoms with Crippen LogP contribution in [0.5, 0.6) is 11.5 Å². The summed E-state index contributed by atoms with van der Waals surface area (Å²) in [5.74, 6) is 15.3. The Kier molecular flexibility index (Phi) is 12.4. The number of rotatable bonds is 4. The predicted molar refractivity (Wildman–Crippen MR) is 284 cm³/mol. The molecule has 0 aliphatic carbocycles. The number of benzene rings is 7. The van der Waals surface area contributed by atoms with E-state index in [0.717, 1.165) is 99.7 Å². The number of phenolic OH excluding ortho intramolecular Hbond substituents is 2. The summed E-state index contributed by atoms with van der Waals surface area (Å²) in [4.78, 5) is 4.19. The first-order valence-electron chi connectivity index (χ1n) is 23.1. The number of phenols is 2. The van der Waals surface area contributed by atoms with Crippen molar-refractivity contribution in [3.8, 4) is 57.4 Å². The van der Waals surface area contributed by atoms with Crippen LogP contribution in [-0.4, -0.2) is 38.4 Å². The lowest BCUT2D eigenvalue weighted by Crippen LogP contribution is -2.17. The number of hydrogen-bond acceptors (Lipinski definition) is 4. The molecule has 0 unspecified atom stereocenters. The highest BCUT2D eigenvalue weighted by Crippen LogP contribution is 2.45. The average Bonchev–Trinajstić information content (AvgIpc) is 3.23. The highest BCUT2D eigenvalue weighted by molar-refractivity contribution is 6.11. The molecule has 4 heteroatoms. The molecule has 66 heavy (non-hydrogen) atoms. The Balaban J connectivity index is 1.61. The maximum atomic E-state index is 11.7. The van der Waals surface area contributed by atoms with E-state index in [4.69, 9.17) is 0 Å². The number of nitrogens with zero attached hydrogens (tertiary/aromatic N) is 2. The highest BCUT2D eigenvalue weighted by atomic mass is 16.3. The van der Waals surface area contributed by atoms with E-state index >= 15 is 0 Å². The zero-order chi connectivity index (χ0) is 48.3. The van der Waals surface area contributed by atoms with E-state index in [-0.39, 0.29) is 21.7 Å². The molecule has 0 aliphatic rings. The maximum absolute atomic E-state index is 11.7. The molecule has 4 nitrogen and oxygen atoms in total. The van der Waals surface area contributed by atoms with Crippen LogP contribution < -0.4 is 9.80 Å². The van der Waals surface area contributed by atoms with Crippen LogP contribution in [0.1, 0.15) is 128 Å². The van der Waals surface area contributed by atoms with Crippen molar-refractivity contribution in [3.63, 3.8) is 0 Å². The van der Waals surface area contributed by atoms with Gasteiger partial charge in [0.1, 0.15) is 11.5 Å². The summed E-state index contributed by atoms with van der Waals surface area (Å²) in [6.45, 7) is 25.9. The number of fused-ring (bicyclic) bond motifs is 2. The molecule has 0 fully saturated rings. The zero-order valence-corrected chi connectivity index (χ0v) is 42.2. The third-order valence-corrected chi connectivity index (χ3v) is 12.7. The molecule has 0 amide bonds. The molecule has 0 aliphatic heterocycles. The Labute approximate surface area is 395 Å². The van der Waals surface area contributed by atoms with Crippen LogP contribution in [0.15, 0.2) is 109 Å². The molecule has 338 valence electrons. The molecular weight excluding hydrogens is 805 g/mol. The van der Waals surface area contributed by atoms with Crippen LogP contribution in [0.25, 0.3) is 43.8 Å². The summed E-state index contributed by atoms with van der Waals surface area (Å²) in [5.41, 5.74) is 12.6. The van der Waals surface area contributed by atoms with Crippen molar-refractivity contribution in [2.75, 3.05) is 38.0 Å². The fourth-order valence-corrected chi connectivity index (χ4v) is 8.70. The minimum absolute atomic E-state index is 0.288. The molecule has 7 rings (SSSR count). The van der Waals surface area contributed by atoms with Crippen molar-refractivity contribution in [1.29, 1.82) is 0 Å². The largest absolute Gasteiger partial charge is 0.507 e. The fraction of sp³-hybridized carbons (Fsp3) is 0.323. The Hall–Kier alpha value is -6.62. The molecule has 0 aromatic heterocycles. The number of aromatic hydroxyl groups is 2. The predicted octanol–water partition coefficient (Wildman–Crippen LogP) is 14.9. The van der Waals surface area contributed by atoms with Crippen LogP contribution in [0.3, 0.4) is 0 Å². The van der Waals surface area contributed by atoms with Gasteiger partial charge in [0, 0.05) is 84.1 Å². The average molecular weight is 873 g/mol. The molecule has 7 aromatic carbocycles. The molecular formula is C62H68N2O2. The van der Waals surface area contributed by atoms with Crippen LogP contribution in [-0.2, 0) is 21.7 Å². The van der Waals surface area contributed by atoms with Crippen molar-refractivity contribution >= 4 is 32.9 Å². The summed E-state index contributed by atoms with van der Waals surface area (Å²) in [5, 5.41) is 27.5. The molecule has 0 bridgehead atoms. The zero-order valence-electron chi connectivity index (χ0n) is 42.2. The van der Waals surface area contributed by atoms with Crippen molar-refractivity contribution in [1.82, 2.24) is 0 Å². The summed E-state index contributed by atoms with van der Waals surface area (Å²) in [6, 6.07) is 38.7. The van der Waals surface area contributed by atoms with Crippen molar-refractivity contribution in [2.45, 2.75) is 105 Å². The first-order chi connectivity index (χ1) is 30.7. The number of hydrogen-bond donors (Lipinski definition) is 2. The van der Waals surface area contributed by atoms with Gasteiger partial charge in [-0.3, -0.25) is 0 Å². The number of anilines is 2. The van der Waals surface area contributed by atoms with E-state index < -0.39 is 0 Å². The SMILES string of the molecule is CN(C)c1ccc(C#Cc2c3ccc(-c4cc(C(C)(C)C)c(O)c(C(C)(C)C)c4)cc3c(C#Cc3ccc(N(C)C)cc3)c3cc(-c4cc(C(C)(C)C)c(O)c(C(C)(C)C)c4)ccc23)cc1. The smallest absolute Gasteiger partial charge is 0.123 e. The topological polar surface area (TPSA) is 46.9 Å². The van der Waals surface area contributed by atoms with Gasteiger partial charge in [0.2, 0.25) is 0 Å². The van der Waals surface area contributed by atoms with Gasteiger partial charge in [-0.1, -0.05) is 131 Å². The standard InChI is InChI=1S/C62H68N2O2/c1-59(2,3)53-35-43(36-54(57(53)65)60(4,5)6)41-23-31-48-47(29-21-39-17-25-45(26-18-39)63(13)14)49-32-24-42(44-37-55(61(7,8)9)58(66)56(38-44)62(10,11)12)34-52(49)50(51(48)33-41)30-22-40-19-27-46(28-20-40)64(15)16/h17-20,23-28,31-38,65-66H,1-16H3. The summed E-state index contributed by atoms with van der Waals surface area (Å²) >= 11 is 0. The maximum Gasteiger partial charge on any atom is 0.123 e. The Bertz CT molecular complexity index is 2900. The summed E-state index contributed by atoms with van der Waals surface area (Å²) < 4.78 is 0. The van der Waals surface area contributed by atoms with Gasteiger partial charge in [-0.15, -0.1) is 0 Å². The van der Waals surface area contributed by atoms with Gasteiger partial charge in [0.05, 0.1) is 0 Å². The third-order valence-electron chi connectivity index (χ3n) is 12.7. The molecule has 0 spiro atoms. The van der Waals surface area contributed by atoms with E-state index in [2.05, 4.69) is 226 Å². The summed E-state index contributed by atoms with van der Waals surface area (Å²) in [7, 11) is 8.18. The molecule has 0 saturated heterocycles. The summed E-state index contributed by atoms with van der Waals surface area (Å²) in [6.07, 6.45) is 0. The molecule has 0 radical (unpaired) electrons. The monoisotopic (exact) mass is 873 g/mol. The first-order valence-corrected chi connectivity index (χ1v) is 23.1. The molecule has 7 aromatic rings. The first kappa shape index (κ1) is 47.3. The normalized spacial score (nSPS) is 12.1. The fourth-order valence-electron chi connectivity index (χ4n) is 8.70. The van der Waals surface area contributed by atoms with Crippen molar-refractivity contribution < 1.29 is 10.2 Å². The lowest BCUT2D eigenvalue weighted by molar-refractivity contribution is 0.422. The van der Waals surface area contributed by atoms with Gasteiger partial charge in [-0.2, -0.15) is 0 Å². The van der Waals surface area contributed by atoms with Gasteiger partial charge < -0.3 is 20.0 Å². The van der Waals surface area contributed by atoms with E-state index in [9.17, 15) is 10.2 Å². The lowest BCUT2D eigenvalue weighted by atomic mass is 9.77. The Morgan fingerprint density at radius 3 is 0.894 bits per heavy atom. The third kappa shape index (κ3) is 9.66. The molecule has 0 heterocycles. The molecule has 2 N–H and O–H groups in total. The van der Waals surface area contributed by atoms with Crippen LogP contribution in [0.4, 0.5) is 11.4 Å². The van der Waals surface area contributed by atoms with E-state index in [0.29, 0.717) is 11.5 Å². The highest BCUT2D eigenvalue weighted by Gasteiger charge is 2.29. The van der Waals surface area contributed by atoms with E-state index in [1.165, 1.54) is 0 Å². The van der Waals surface area contributed by atoms with Crippen LogP contribution in [0.2, 0.25) is 0 Å². The second-order valence-corrected chi connectivity index (χ2v) is 22.5. The quantitative estimate of drug-likeness (QED) is 0.137. The van der Waals surface area contributed by atoms with E-state index in [1.54, 1.807) is 0 Å². The minimum atomic E-state index is -0.288. The molecule has 0 saturated carbocycles. The minimum Gasteiger partial charge on any atom is -0.507 e. The lowest BCUT2D eigenvalue weighted by Gasteiger charge is -2.28.